The van der Waals surface area contributed by atoms with E-state index < -0.39 is 10.0 Å². The summed E-state index contributed by atoms with van der Waals surface area (Å²) in [5.74, 6) is 1.42. The highest BCUT2D eigenvalue weighted by Crippen LogP contribution is 2.17. The number of benzene rings is 1. The van der Waals surface area contributed by atoms with Crippen LogP contribution in [0.2, 0.25) is 0 Å². The first-order valence-electron chi connectivity index (χ1n) is 7.29. The molecule has 1 heterocycles. The van der Waals surface area contributed by atoms with Crippen LogP contribution in [0.1, 0.15) is 26.0 Å². The van der Waals surface area contributed by atoms with Crippen LogP contribution in [0.15, 0.2) is 52.0 Å². The van der Waals surface area contributed by atoms with Crippen LogP contribution in [0.5, 0.6) is 5.75 Å². The summed E-state index contributed by atoms with van der Waals surface area (Å²) in [7, 11) is -3.55. The fraction of sp³-hybridized carbons (Fsp3) is 0.375. The van der Waals surface area contributed by atoms with E-state index in [4.69, 9.17) is 9.15 Å². The van der Waals surface area contributed by atoms with Crippen LogP contribution >= 0.6 is 0 Å². The van der Waals surface area contributed by atoms with E-state index in [2.05, 4.69) is 4.72 Å². The molecule has 1 unspecified atom stereocenters. The van der Waals surface area contributed by atoms with Gasteiger partial charge in [-0.25, -0.2) is 13.1 Å². The van der Waals surface area contributed by atoms with Gasteiger partial charge in [0, 0.05) is 12.5 Å². The summed E-state index contributed by atoms with van der Waals surface area (Å²) < 4.78 is 37.9. The average Bonchev–Trinajstić information content (AvgIpc) is 2.97. The second-order valence-electron chi connectivity index (χ2n) is 5.13. The lowest BCUT2D eigenvalue weighted by Crippen LogP contribution is -2.34. The van der Waals surface area contributed by atoms with Crippen molar-refractivity contribution in [2.45, 2.75) is 37.6 Å². The van der Waals surface area contributed by atoms with Gasteiger partial charge in [-0.05, 0) is 49.7 Å². The Labute approximate surface area is 131 Å². The van der Waals surface area contributed by atoms with Gasteiger partial charge in [-0.2, -0.15) is 0 Å². The van der Waals surface area contributed by atoms with E-state index in [1.807, 2.05) is 13.0 Å². The average molecular weight is 323 g/mol. The van der Waals surface area contributed by atoms with E-state index in [0.717, 1.165) is 12.2 Å². The van der Waals surface area contributed by atoms with Crippen LogP contribution in [0, 0.1) is 0 Å². The van der Waals surface area contributed by atoms with Crippen molar-refractivity contribution in [1.82, 2.24) is 4.72 Å². The molecule has 120 valence electrons. The SMILES string of the molecule is CCCOc1ccc(S(=O)(=O)NC(C)Cc2ccco2)cc1. The van der Waals surface area contributed by atoms with Gasteiger partial charge in [-0.3, -0.25) is 0 Å². The Hall–Kier alpha value is -1.79. The molecule has 2 aromatic rings. The molecule has 0 spiro atoms. The normalized spacial score (nSPS) is 13.0. The first-order valence-corrected chi connectivity index (χ1v) is 8.77. The Bertz CT molecular complexity index is 663. The van der Waals surface area contributed by atoms with Gasteiger partial charge in [0.1, 0.15) is 11.5 Å². The highest BCUT2D eigenvalue weighted by atomic mass is 32.2. The molecule has 0 bridgehead atoms. The van der Waals surface area contributed by atoms with Gasteiger partial charge in [-0.15, -0.1) is 0 Å². The monoisotopic (exact) mass is 323 g/mol. The third kappa shape index (κ3) is 4.61. The third-order valence-corrected chi connectivity index (χ3v) is 4.66. The molecule has 1 aromatic carbocycles. The summed E-state index contributed by atoms with van der Waals surface area (Å²) in [5.41, 5.74) is 0. The summed E-state index contributed by atoms with van der Waals surface area (Å²) in [5, 5.41) is 0. The zero-order chi connectivity index (χ0) is 16.0. The molecular weight excluding hydrogens is 302 g/mol. The zero-order valence-corrected chi connectivity index (χ0v) is 13.6. The minimum Gasteiger partial charge on any atom is -0.494 e. The molecule has 0 fully saturated rings. The largest absolute Gasteiger partial charge is 0.494 e. The van der Waals surface area contributed by atoms with Crippen LogP contribution in [-0.2, 0) is 16.4 Å². The molecule has 0 saturated heterocycles. The first kappa shape index (κ1) is 16.6. The first-order chi connectivity index (χ1) is 10.5. The molecule has 6 heteroatoms. The summed E-state index contributed by atoms with van der Waals surface area (Å²) in [6.45, 7) is 4.44. The highest BCUT2D eigenvalue weighted by Gasteiger charge is 2.18. The van der Waals surface area contributed by atoms with E-state index in [0.29, 0.717) is 18.8 Å². The molecule has 0 radical (unpaired) electrons. The number of furan rings is 1. The van der Waals surface area contributed by atoms with Crippen LogP contribution in [0.25, 0.3) is 0 Å². The van der Waals surface area contributed by atoms with Gasteiger partial charge in [0.15, 0.2) is 0 Å². The lowest BCUT2D eigenvalue weighted by molar-refractivity contribution is 0.317. The van der Waals surface area contributed by atoms with Gasteiger partial charge in [0.2, 0.25) is 10.0 Å². The van der Waals surface area contributed by atoms with Gasteiger partial charge in [-0.1, -0.05) is 6.92 Å². The fourth-order valence-corrected chi connectivity index (χ4v) is 3.28. The van der Waals surface area contributed by atoms with Gasteiger partial charge in [0.05, 0.1) is 17.8 Å². The maximum atomic E-state index is 12.3. The molecule has 0 aliphatic heterocycles. The Morgan fingerprint density at radius 3 is 2.55 bits per heavy atom. The summed E-state index contributed by atoms with van der Waals surface area (Å²) >= 11 is 0. The molecule has 0 aliphatic rings. The predicted molar refractivity (Wildman–Crippen MR) is 84.4 cm³/mol. The molecule has 2 rings (SSSR count). The highest BCUT2D eigenvalue weighted by molar-refractivity contribution is 7.89. The van der Waals surface area contributed by atoms with Crippen molar-refractivity contribution in [3.05, 3.63) is 48.4 Å². The lowest BCUT2D eigenvalue weighted by Gasteiger charge is -2.13. The van der Waals surface area contributed by atoms with Crippen LogP contribution in [0.4, 0.5) is 0 Å². The van der Waals surface area contributed by atoms with E-state index in [9.17, 15) is 8.42 Å². The van der Waals surface area contributed by atoms with Crippen LogP contribution < -0.4 is 9.46 Å². The van der Waals surface area contributed by atoms with Crippen molar-refractivity contribution >= 4 is 10.0 Å². The molecule has 1 atom stereocenters. The summed E-state index contributed by atoms with van der Waals surface area (Å²) in [4.78, 5) is 0.225. The van der Waals surface area contributed by atoms with Gasteiger partial charge >= 0.3 is 0 Å². The Kier molecular flexibility index (Phi) is 5.63. The molecule has 0 aliphatic carbocycles. The Balaban J connectivity index is 2.00. The van der Waals surface area contributed by atoms with Crippen molar-refractivity contribution in [3.8, 4) is 5.75 Å². The standard InChI is InChI=1S/C16H21NO4S/c1-3-10-20-14-6-8-16(9-7-14)22(18,19)17-13(2)12-15-5-4-11-21-15/h4-9,11,13,17H,3,10,12H2,1-2H3. The predicted octanol–water partition coefficient (Wildman–Crippen LogP) is 2.98. The van der Waals surface area contributed by atoms with Crippen molar-refractivity contribution in [2.75, 3.05) is 6.61 Å². The summed E-state index contributed by atoms with van der Waals surface area (Å²) in [6, 6.07) is 9.78. The van der Waals surface area contributed by atoms with Crippen molar-refractivity contribution in [2.24, 2.45) is 0 Å². The molecule has 0 saturated carbocycles. The number of ether oxygens (including phenoxy) is 1. The molecular formula is C16H21NO4S. The topological polar surface area (TPSA) is 68.5 Å². The van der Waals surface area contributed by atoms with Crippen LogP contribution in [-0.4, -0.2) is 21.1 Å². The van der Waals surface area contributed by atoms with Crippen molar-refractivity contribution < 1.29 is 17.6 Å². The van der Waals surface area contributed by atoms with E-state index >= 15 is 0 Å². The smallest absolute Gasteiger partial charge is 0.240 e. The quantitative estimate of drug-likeness (QED) is 0.811. The molecule has 0 amide bonds. The minimum absolute atomic E-state index is 0.225. The number of sulfonamides is 1. The molecule has 22 heavy (non-hydrogen) atoms. The van der Waals surface area contributed by atoms with Gasteiger partial charge in [0.25, 0.3) is 0 Å². The number of hydrogen-bond donors (Lipinski definition) is 1. The second kappa shape index (κ2) is 7.47. The lowest BCUT2D eigenvalue weighted by atomic mass is 10.2. The molecule has 1 N–H and O–H groups in total. The zero-order valence-electron chi connectivity index (χ0n) is 12.8. The number of rotatable bonds is 8. The van der Waals surface area contributed by atoms with Crippen molar-refractivity contribution in [3.63, 3.8) is 0 Å². The molecule has 1 aromatic heterocycles. The van der Waals surface area contributed by atoms with E-state index in [1.165, 1.54) is 0 Å². The van der Waals surface area contributed by atoms with Crippen molar-refractivity contribution in [1.29, 1.82) is 0 Å². The second-order valence-corrected chi connectivity index (χ2v) is 6.84. The third-order valence-electron chi connectivity index (χ3n) is 3.05. The van der Waals surface area contributed by atoms with Crippen LogP contribution in [0.3, 0.4) is 0 Å². The number of nitrogens with one attached hydrogen (secondary N) is 1. The van der Waals surface area contributed by atoms with E-state index in [-0.39, 0.29) is 10.9 Å². The minimum atomic E-state index is -3.55. The van der Waals surface area contributed by atoms with E-state index in [1.54, 1.807) is 43.5 Å². The van der Waals surface area contributed by atoms with Gasteiger partial charge < -0.3 is 9.15 Å². The summed E-state index contributed by atoms with van der Waals surface area (Å²) in [6.07, 6.45) is 2.99. The maximum absolute atomic E-state index is 12.3. The molecule has 5 nitrogen and oxygen atoms in total. The number of hydrogen-bond acceptors (Lipinski definition) is 4. The maximum Gasteiger partial charge on any atom is 0.240 e. The fourth-order valence-electron chi connectivity index (χ4n) is 2.04. The Morgan fingerprint density at radius 2 is 1.95 bits per heavy atom. The Morgan fingerprint density at radius 1 is 1.23 bits per heavy atom.